The van der Waals surface area contributed by atoms with Crippen molar-refractivity contribution in [3.63, 3.8) is 0 Å². The molecule has 2 aromatic carbocycles. The molecule has 0 aliphatic heterocycles. The van der Waals surface area contributed by atoms with Gasteiger partial charge in [0.15, 0.2) is 17.3 Å². The fraction of sp³-hybridized carbons (Fsp3) is 0.348. The molecule has 4 rings (SSSR count). The molecule has 1 aliphatic carbocycles. The molecule has 3 aromatic rings. The molecular weight excluding hydrogens is 380 g/mol. The van der Waals surface area contributed by atoms with Gasteiger partial charge in [0.2, 0.25) is 0 Å². The third kappa shape index (κ3) is 4.45. The Balaban J connectivity index is 1.56. The van der Waals surface area contributed by atoms with E-state index in [4.69, 9.17) is 9.47 Å². The number of rotatable bonds is 7. The number of hydrogen-bond acceptors (Lipinski definition) is 5. The third-order valence-electron chi connectivity index (χ3n) is 5.30. The van der Waals surface area contributed by atoms with Gasteiger partial charge in [0, 0.05) is 5.56 Å². The predicted octanol–water partition coefficient (Wildman–Crippen LogP) is 3.96. The van der Waals surface area contributed by atoms with Gasteiger partial charge < -0.3 is 14.8 Å². The molecule has 1 amide bonds. The number of benzene rings is 2. The first-order valence-electron chi connectivity index (χ1n) is 10.2. The Hall–Kier alpha value is -3.35. The average molecular weight is 406 g/mol. The van der Waals surface area contributed by atoms with E-state index in [1.807, 2.05) is 37.3 Å². The molecule has 1 aliphatic rings. The number of aromatic amines is 1. The SMILES string of the molecule is COc1cc(C(=O)NC(c2ccccc2)c2n[nH]c(C)n2)ccc1OC1CCCC1. The monoisotopic (exact) mass is 406 g/mol. The standard InChI is InChI=1S/C23H26N4O3/c1-15-24-22(27-26-15)21(16-8-4-3-5-9-16)25-23(28)17-12-13-19(20(14-17)29-2)30-18-10-6-7-11-18/h3-5,8-9,12-14,18,21H,6-7,10-11H2,1-2H3,(H,25,28)(H,24,26,27). The zero-order valence-corrected chi connectivity index (χ0v) is 17.2. The van der Waals surface area contributed by atoms with Crippen LogP contribution in [0.3, 0.4) is 0 Å². The summed E-state index contributed by atoms with van der Waals surface area (Å²) < 4.78 is 11.6. The summed E-state index contributed by atoms with van der Waals surface area (Å²) in [5, 5.41) is 10.1. The molecule has 30 heavy (non-hydrogen) atoms. The Bertz CT molecular complexity index is 997. The van der Waals surface area contributed by atoms with Crippen LogP contribution in [0.1, 0.15) is 59.3 Å². The number of aryl methyl sites for hydroxylation is 1. The Labute approximate surface area is 175 Å². The molecule has 7 heteroatoms. The zero-order chi connectivity index (χ0) is 20.9. The van der Waals surface area contributed by atoms with E-state index in [0.717, 1.165) is 18.4 Å². The van der Waals surface area contributed by atoms with E-state index >= 15 is 0 Å². The summed E-state index contributed by atoms with van der Waals surface area (Å²) in [5.74, 6) is 2.19. The number of H-pyrrole nitrogens is 1. The summed E-state index contributed by atoms with van der Waals surface area (Å²) >= 11 is 0. The fourth-order valence-corrected chi connectivity index (χ4v) is 3.74. The van der Waals surface area contributed by atoms with E-state index in [1.165, 1.54) is 12.8 Å². The van der Waals surface area contributed by atoms with E-state index in [-0.39, 0.29) is 12.0 Å². The molecule has 1 aromatic heterocycles. The predicted molar refractivity (Wildman–Crippen MR) is 113 cm³/mol. The lowest BCUT2D eigenvalue weighted by atomic mass is 10.1. The topological polar surface area (TPSA) is 89.1 Å². The molecule has 7 nitrogen and oxygen atoms in total. The number of nitrogens with zero attached hydrogens (tertiary/aromatic N) is 2. The molecule has 1 heterocycles. The third-order valence-corrected chi connectivity index (χ3v) is 5.30. The number of amides is 1. The number of carbonyl (C=O) groups excluding carboxylic acids is 1. The maximum Gasteiger partial charge on any atom is 0.252 e. The summed E-state index contributed by atoms with van der Waals surface area (Å²) in [6, 6.07) is 14.5. The fourth-order valence-electron chi connectivity index (χ4n) is 3.74. The van der Waals surface area contributed by atoms with Crippen LogP contribution < -0.4 is 14.8 Å². The number of nitrogens with one attached hydrogen (secondary N) is 2. The number of aromatic nitrogens is 3. The highest BCUT2D eigenvalue weighted by Crippen LogP contribution is 2.32. The number of hydrogen-bond donors (Lipinski definition) is 2. The summed E-state index contributed by atoms with van der Waals surface area (Å²) in [6.45, 7) is 1.83. The molecule has 2 N–H and O–H groups in total. The van der Waals surface area contributed by atoms with Crippen molar-refractivity contribution >= 4 is 5.91 Å². The molecule has 1 fully saturated rings. The minimum absolute atomic E-state index is 0.218. The smallest absolute Gasteiger partial charge is 0.252 e. The number of ether oxygens (including phenoxy) is 2. The van der Waals surface area contributed by atoms with Crippen LogP contribution in [0.25, 0.3) is 0 Å². The molecule has 0 spiro atoms. The van der Waals surface area contributed by atoms with Crippen molar-refractivity contribution in [2.45, 2.75) is 44.8 Å². The van der Waals surface area contributed by atoms with Crippen LogP contribution in [-0.2, 0) is 0 Å². The summed E-state index contributed by atoms with van der Waals surface area (Å²) in [5.41, 5.74) is 1.39. The van der Waals surface area contributed by atoms with Gasteiger partial charge in [0.05, 0.1) is 13.2 Å². The quantitative estimate of drug-likeness (QED) is 0.620. The highest BCUT2D eigenvalue weighted by atomic mass is 16.5. The van der Waals surface area contributed by atoms with Gasteiger partial charge in [-0.3, -0.25) is 9.89 Å². The van der Waals surface area contributed by atoms with Crippen molar-refractivity contribution in [1.29, 1.82) is 0 Å². The lowest BCUT2D eigenvalue weighted by Crippen LogP contribution is -2.30. The Morgan fingerprint density at radius 1 is 1.13 bits per heavy atom. The van der Waals surface area contributed by atoms with Crippen LogP contribution >= 0.6 is 0 Å². The van der Waals surface area contributed by atoms with E-state index in [0.29, 0.717) is 28.7 Å². The van der Waals surface area contributed by atoms with E-state index < -0.39 is 6.04 Å². The van der Waals surface area contributed by atoms with Crippen molar-refractivity contribution in [1.82, 2.24) is 20.5 Å². The minimum atomic E-state index is -0.468. The van der Waals surface area contributed by atoms with Gasteiger partial charge in [-0.1, -0.05) is 30.3 Å². The normalized spacial score (nSPS) is 15.0. The van der Waals surface area contributed by atoms with Gasteiger partial charge in [0.1, 0.15) is 11.9 Å². The van der Waals surface area contributed by atoms with Crippen LogP contribution in [0, 0.1) is 6.92 Å². The summed E-state index contributed by atoms with van der Waals surface area (Å²) in [7, 11) is 1.59. The second-order valence-electron chi connectivity index (χ2n) is 7.49. The van der Waals surface area contributed by atoms with Crippen molar-refractivity contribution in [2.24, 2.45) is 0 Å². The molecule has 1 saturated carbocycles. The molecule has 0 saturated heterocycles. The van der Waals surface area contributed by atoms with Crippen molar-refractivity contribution in [3.05, 3.63) is 71.3 Å². The summed E-state index contributed by atoms with van der Waals surface area (Å²) in [4.78, 5) is 17.5. The Morgan fingerprint density at radius 2 is 1.90 bits per heavy atom. The Kier molecular flexibility index (Phi) is 5.97. The van der Waals surface area contributed by atoms with E-state index in [1.54, 1.807) is 25.3 Å². The van der Waals surface area contributed by atoms with Gasteiger partial charge in [-0.05, 0) is 56.4 Å². The first kappa shape index (κ1) is 19.9. The van der Waals surface area contributed by atoms with Crippen LogP contribution in [0.15, 0.2) is 48.5 Å². The molecule has 1 unspecified atom stereocenters. The largest absolute Gasteiger partial charge is 0.493 e. The van der Waals surface area contributed by atoms with Crippen LogP contribution in [0.4, 0.5) is 0 Å². The molecule has 0 radical (unpaired) electrons. The lowest BCUT2D eigenvalue weighted by molar-refractivity contribution is 0.0941. The minimum Gasteiger partial charge on any atom is -0.493 e. The molecule has 1 atom stereocenters. The van der Waals surface area contributed by atoms with Gasteiger partial charge in [-0.2, -0.15) is 5.10 Å². The van der Waals surface area contributed by atoms with Gasteiger partial charge in [-0.25, -0.2) is 4.98 Å². The first-order chi connectivity index (χ1) is 14.6. The Morgan fingerprint density at radius 3 is 2.57 bits per heavy atom. The van der Waals surface area contributed by atoms with Crippen LogP contribution in [0.2, 0.25) is 0 Å². The van der Waals surface area contributed by atoms with E-state index in [9.17, 15) is 4.79 Å². The second kappa shape index (κ2) is 8.98. The summed E-state index contributed by atoms with van der Waals surface area (Å²) in [6.07, 6.45) is 4.71. The van der Waals surface area contributed by atoms with Crippen LogP contribution in [0.5, 0.6) is 11.5 Å². The van der Waals surface area contributed by atoms with Crippen LogP contribution in [-0.4, -0.2) is 34.3 Å². The second-order valence-corrected chi connectivity index (χ2v) is 7.49. The molecule has 156 valence electrons. The van der Waals surface area contributed by atoms with Crippen molar-refractivity contribution in [3.8, 4) is 11.5 Å². The van der Waals surface area contributed by atoms with Crippen molar-refractivity contribution < 1.29 is 14.3 Å². The van der Waals surface area contributed by atoms with E-state index in [2.05, 4.69) is 20.5 Å². The van der Waals surface area contributed by atoms with Gasteiger partial charge in [0.25, 0.3) is 5.91 Å². The highest BCUT2D eigenvalue weighted by molar-refractivity contribution is 5.95. The molecular formula is C23H26N4O3. The van der Waals surface area contributed by atoms with Crippen molar-refractivity contribution in [2.75, 3.05) is 7.11 Å². The average Bonchev–Trinajstić information content (AvgIpc) is 3.44. The van der Waals surface area contributed by atoms with Gasteiger partial charge in [-0.15, -0.1) is 0 Å². The number of carbonyl (C=O) groups is 1. The number of methoxy groups -OCH3 is 1. The molecule has 0 bridgehead atoms. The first-order valence-corrected chi connectivity index (χ1v) is 10.2. The highest BCUT2D eigenvalue weighted by Gasteiger charge is 2.23. The lowest BCUT2D eigenvalue weighted by Gasteiger charge is -2.18. The zero-order valence-electron chi connectivity index (χ0n) is 17.2. The maximum absolute atomic E-state index is 13.1. The van der Waals surface area contributed by atoms with Gasteiger partial charge >= 0.3 is 0 Å². The maximum atomic E-state index is 13.1.